The second-order valence-electron chi connectivity index (χ2n) is 2.03. The van der Waals surface area contributed by atoms with Crippen LogP contribution in [0.2, 0.25) is 0 Å². The van der Waals surface area contributed by atoms with E-state index in [0.29, 0.717) is 13.3 Å². The Morgan fingerprint density at radius 2 is 2.33 bits per heavy atom. The molecular weight excluding hydrogens is 158 g/mol. The molecule has 0 unspecified atom stereocenters. The molecule has 0 fully saturated rings. The van der Waals surface area contributed by atoms with Gasteiger partial charge in [-0.15, -0.1) is 0 Å². The summed E-state index contributed by atoms with van der Waals surface area (Å²) in [5.74, 6) is -0.415. The van der Waals surface area contributed by atoms with Crippen molar-refractivity contribution in [2.24, 2.45) is 0 Å². The van der Waals surface area contributed by atoms with Crippen LogP contribution < -0.4 is 5.32 Å². The Hall–Kier alpha value is -0.870. The van der Waals surface area contributed by atoms with Gasteiger partial charge in [0.05, 0.1) is 13.3 Å². The van der Waals surface area contributed by atoms with Gasteiger partial charge in [0, 0.05) is 6.08 Å². The van der Waals surface area contributed by atoms with Crippen LogP contribution in [0.3, 0.4) is 0 Å². The summed E-state index contributed by atoms with van der Waals surface area (Å²) in [7, 11) is 0. The van der Waals surface area contributed by atoms with Crippen LogP contribution >= 0.6 is 0 Å². The molecule has 0 heterocycles. The van der Waals surface area contributed by atoms with E-state index in [9.17, 15) is 4.79 Å². The lowest BCUT2D eigenvalue weighted by Crippen LogP contribution is -2.19. The van der Waals surface area contributed by atoms with Crippen LogP contribution in [-0.2, 0) is 14.3 Å². The standard InChI is InChI=1S/C8H15NO3/c1-3-8(10)12-6-5-11-7-9-4-2/h3,9H,1,4-7H2,2H3. The lowest BCUT2D eigenvalue weighted by molar-refractivity contribution is -0.139. The number of hydrogen-bond acceptors (Lipinski definition) is 4. The molecule has 0 atom stereocenters. The first kappa shape index (κ1) is 11.1. The SMILES string of the molecule is C=CC(=O)OCCOCNCC. The van der Waals surface area contributed by atoms with E-state index in [1.807, 2.05) is 6.92 Å². The van der Waals surface area contributed by atoms with Crippen molar-refractivity contribution in [1.29, 1.82) is 0 Å². The van der Waals surface area contributed by atoms with Crippen LogP contribution in [0.15, 0.2) is 12.7 Å². The molecule has 0 aromatic rings. The van der Waals surface area contributed by atoms with Crippen molar-refractivity contribution in [3.8, 4) is 0 Å². The molecule has 0 saturated heterocycles. The Labute approximate surface area is 72.5 Å². The Balaban J connectivity index is 3.00. The van der Waals surface area contributed by atoms with E-state index in [0.717, 1.165) is 12.6 Å². The van der Waals surface area contributed by atoms with Crippen molar-refractivity contribution in [3.05, 3.63) is 12.7 Å². The zero-order valence-electron chi connectivity index (χ0n) is 7.34. The third kappa shape index (κ3) is 7.24. The highest BCUT2D eigenvalue weighted by atomic mass is 16.6. The molecular formula is C8H15NO3. The number of esters is 1. The van der Waals surface area contributed by atoms with Crippen LogP contribution in [0, 0.1) is 0 Å². The smallest absolute Gasteiger partial charge is 0.330 e. The number of carbonyl (C=O) groups excluding carboxylic acids is 1. The van der Waals surface area contributed by atoms with Crippen molar-refractivity contribution in [3.63, 3.8) is 0 Å². The predicted molar refractivity (Wildman–Crippen MR) is 45.7 cm³/mol. The van der Waals surface area contributed by atoms with Crippen LogP contribution in [0.25, 0.3) is 0 Å². The molecule has 0 radical (unpaired) electrons. The van der Waals surface area contributed by atoms with Crippen LogP contribution in [0.1, 0.15) is 6.92 Å². The fourth-order valence-electron chi connectivity index (χ4n) is 0.507. The lowest BCUT2D eigenvalue weighted by atomic mass is 10.6. The number of carbonyl (C=O) groups is 1. The fourth-order valence-corrected chi connectivity index (χ4v) is 0.507. The molecule has 0 spiro atoms. The molecule has 0 aromatic heterocycles. The van der Waals surface area contributed by atoms with Crippen molar-refractivity contribution >= 4 is 5.97 Å². The van der Waals surface area contributed by atoms with Crippen LogP contribution in [0.4, 0.5) is 0 Å². The normalized spacial score (nSPS) is 9.42. The third-order valence-electron chi connectivity index (χ3n) is 1.09. The zero-order valence-corrected chi connectivity index (χ0v) is 7.34. The predicted octanol–water partition coefficient (Wildman–Crippen LogP) is 0.299. The first-order valence-electron chi connectivity index (χ1n) is 3.89. The van der Waals surface area contributed by atoms with Gasteiger partial charge in [-0.2, -0.15) is 0 Å². The zero-order chi connectivity index (χ0) is 9.23. The van der Waals surface area contributed by atoms with E-state index in [1.54, 1.807) is 0 Å². The van der Waals surface area contributed by atoms with E-state index >= 15 is 0 Å². The van der Waals surface area contributed by atoms with Gasteiger partial charge in [-0.05, 0) is 6.54 Å². The van der Waals surface area contributed by atoms with Crippen molar-refractivity contribution in [1.82, 2.24) is 5.32 Å². The highest BCUT2D eigenvalue weighted by Crippen LogP contribution is 1.79. The molecule has 0 saturated carbocycles. The number of hydrogen-bond donors (Lipinski definition) is 1. The van der Waals surface area contributed by atoms with Gasteiger partial charge in [0.15, 0.2) is 0 Å². The Bertz CT molecular complexity index is 136. The van der Waals surface area contributed by atoms with E-state index in [2.05, 4.69) is 16.6 Å². The molecule has 0 aromatic carbocycles. The molecule has 0 aliphatic rings. The number of ether oxygens (including phenoxy) is 2. The summed E-state index contributed by atoms with van der Waals surface area (Å²) in [6.45, 7) is 7.29. The van der Waals surface area contributed by atoms with Crippen molar-refractivity contribution in [2.45, 2.75) is 6.92 Å². The monoisotopic (exact) mass is 173 g/mol. The van der Waals surface area contributed by atoms with Gasteiger partial charge in [0.2, 0.25) is 0 Å². The van der Waals surface area contributed by atoms with Gasteiger partial charge in [0.25, 0.3) is 0 Å². The molecule has 0 amide bonds. The van der Waals surface area contributed by atoms with Crippen LogP contribution in [0.5, 0.6) is 0 Å². The van der Waals surface area contributed by atoms with Gasteiger partial charge < -0.3 is 9.47 Å². The summed E-state index contributed by atoms with van der Waals surface area (Å²) < 4.78 is 9.71. The number of rotatable bonds is 7. The third-order valence-corrected chi connectivity index (χ3v) is 1.09. The largest absolute Gasteiger partial charge is 0.460 e. The Morgan fingerprint density at radius 3 is 2.92 bits per heavy atom. The highest BCUT2D eigenvalue weighted by Gasteiger charge is 1.93. The van der Waals surface area contributed by atoms with Crippen molar-refractivity contribution < 1.29 is 14.3 Å². The van der Waals surface area contributed by atoms with E-state index in [-0.39, 0.29) is 6.61 Å². The number of nitrogens with one attached hydrogen (secondary N) is 1. The maximum absolute atomic E-state index is 10.5. The van der Waals surface area contributed by atoms with E-state index in [1.165, 1.54) is 0 Å². The average molecular weight is 173 g/mol. The summed E-state index contributed by atoms with van der Waals surface area (Å²) in [6, 6.07) is 0. The van der Waals surface area contributed by atoms with Gasteiger partial charge in [-0.3, -0.25) is 5.32 Å². The molecule has 0 aliphatic heterocycles. The molecule has 0 rings (SSSR count). The van der Waals surface area contributed by atoms with Crippen molar-refractivity contribution in [2.75, 3.05) is 26.5 Å². The first-order chi connectivity index (χ1) is 5.81. The maximum Gasteiger partial charge on any atom is 0.330 e. The maximum atomic E-state index is 10.5. The molecule has 4 heteroatoms. The molecule has 12 heavy (non-hydrogen) atoms. The minimum Gasteiger partial charge on any atom is -0.460 e. The molecule has 1 N–H and O–H groups in total. The quantitative estimate of drug-likeness (QED) is 0.260. The fraction of sp³-hybridized carbons (Fsp3) is 0.625. The molecule has 4 nitrogen and oxygen atoms in total. The van der Waals surface area contributed by atoms with E-state index < -0.39 is 5.97 Å². The summed E-state index contributed by atoms with van der Waals surface area (Å²) in [5.41, 5.74) is 0. The summed E-state index contributed by atoms with van der Waals surface area (Å²) >= 11 is 0. The van der Waals surface area contributed by atoms with Crippen LogP contribution in [-0.4, -0.2) is 32.5 Å². The summed E-state index contributed by atoms with van der Waals surface area (Å²) in [4.78, 5) is 10.5. The molecule has 0 bridgehead atoms. The van der Waals surface area contributed by atoms with Gasteiger partial charge in [0.1, 0.15) is 6.61 Å². The van der Waals surface area contributed by atoms with Gasteiger partial charge in [-0.1, -0.05) is 13.5 Å². The van der Waals surface area contributed by atoms with Gasteiger partial charge >= 0.3 is 5.97 Å². The second kappa shape index (κ2) is 8.23. The molecule has 0 aliphatic carbocycles. The Morgan fingerprint density at radius 1 is 1.58 bits per heavy atom. The summed E-state index contributed by atoms with van der Waals surface area (Å²) in [6.07, 6.45) is 1.13. The topological polar surface area (TPSA) is 47.6 Å². The van der Waals surface area contributed by atoms with E-state index in [4.69, 9.17) is 4.74 Å². The average Bonchev–Trinajstić information content (AvgIpc) is 2.10. The molecule has 70 valence electrons. The lowest BCUT2D eigenvalue weighted by Gasteiger charge is -2.03. The highest BCUT2D eigenvalue weighted by molar-refractivity contribution is 5.81. The second-order valence-corrected chi connectivity index (χ2v) is 2.03. The Kier molecular flexibility index (Phi) is 7.63. The minimum atomic E-state index is -0.415. The van der Waals surface area contributed by atoms with Gasteiger partial charge in [-0.25, -0.2) is 4.79 Å². The summed E-state index contributed by atoms with van der Waals surface area (Å²) in [5, 5.41) is 2.97. The first-order valence-corrected chi connectivity index (χ1v) is 3.89. The minimum absolute atomic E-state index is 0.274.